The smallest absolute Gasteiger partial charge is 0.262 e. The summed E-state index contributed by atoms with van der Waals surface area (Å²) < 4.78 is 6.48. The van der Waals surface area contributed by atoms with Gasteiger partial charge in [-0.05, 0) is 54.1 Å². The summed E-state index contributed by atoms with van der Waals surface area (Å²) >= 11 is 3.35. The molecule has 1 heterocycles. The van der Waals surface area contributed by atoms with Gasteiger partial charge in [-0.2, -0.15) is 0 Å². The number of amides is 3. The number of ether oxygens (including phenoxy) is 1. The lowest BCUT2D eigenvalue weighted by Crippen LogP contribution is -2.32. The number of anilines is 2. The zero-order chi connectivity index (χ0) is 23.9. The Morgan fingerprint density at radius 1 is 0.971 bits per heavy atom. The number of rotatable bonds is 8. The van der Waals surface area contributed by atoms with Crippen molar-refractivity contribution < 1.29 is 19.1 Å². The second-order valence-electron chi connectivity index (χ2n) is 7.95. The van der Waals surface area contributed by atoms with E-state index in [0.29, 0.717) is 30.2 Å². The number of nitrogens with one attached hydrogen (secondary N) is 2. The number of carbonyl (C=O) groups is 3. The molecule has 174 valence electrons. The summed E-state index contributed by atoms with van der Waals surface area (Å²) in [5.41, 5.74) is 2.38. The summed E-state index contributed by atoms with van der Waals surface area (Å²) in [6.45, 7) is 0.628. The van der Waals surface area contributed by atoms with Gasteiger partial charge in [-0.3, -0.25) is 14.4 Å². The lowest BCUT2D eigenvalue weighted by molar-refractivity contribution is -0.126. The van der Waals surface area contributed by atoms with Gasteiger partial charge < -0.3 is 20.3 Å². The highest BCUT2D eigenvalue weighted by atomic mass is 79.9. The first-order valence-electron chi connectivity index (χ1n) is 10.9. The third kappa shape index (κ3) is 6.23. The largest absolute Gasteiger partial charge is 0.484 e. The summed E-state index contributed by atoms with van der Waals surface area (Å²) in [7, 11) is 0. The molecule has 34 heavy (non-hydrogen) atoms. The summed E-state index contributed by atoms with van der Waals surface area (Å²) in [6, 6.07) is 23.8. The second kappa shape index (κ2) is 11.0. The van der Waals surface area contributed by atoms with Crippen LogP contribution >= 0.6 is 15.9 Å². The third-order valence-corrected chi connectivity index (χ3v) is 5.98. The van der Waals surface area contributed by atoms with Crippen LogP contribution in [0.4, 0.5) is 11.4 Å². The van der Waals surface area contributed by atoms with E-state index in [2.05, 4.69) is 26.6 Å². The molecule has 0 spiro atoms. The molecule has 1 saturated heterocycles. The number of carbonyl (C=O) groups excluding carboxylic acids is 3. The van der Waals surface area contributed by atoms with Crippen LogP contribution in [0.1, 0.15) is 12.0 Å². The Balaban J connectivity index is 1.26. The van der Waals surface area contributed by atoms with Crippen LogP contribution in [0.25, 0.3) is 0 Å². The van der Waals surface area contributed by atoms with Gasteiger partial charge in [0.1, 0.15) is 5.75 Å². The fraction of sp³-hybridized carbons (Fsp3) is 0.192. The van der Waals surface area contributed by atoms with E-state index < -0.39 is 5.92 Å². The molecule has 0 unspecified atom stereocenters. The Hall–Kier alpha value is -3.65. The first kappa shape index (κ1) is 23.5. The molecule has 0 radical (unpaired) electrons. The van der Waals surface area contributed by atoms with Gasteiger partial charge in [-0.1, -0.05) is 46.3 Å². The Kier molecular flexibility index (Phi) is 7.59. The van der Waals surface area contributed by atoms with E-state index in [-0.39, 0.29) is 30.7 Å². The number of hydrogen-bond acceptors (Lipinski definition) is 4. The predicted octanol–water partition coefficient (Wildman–Crippen LogP) is 4.14. The highest BCUT2D eigenvalue weighted by molar-refractivity contribution is 9.10. The Labute approximate surface area is 206 Å². The normalized spacial score (nSPS) is 15.1. The highest BCUT2D eigenvalue weighted by Gasteiger charge is 2.35. The Morgan fingerprint density at radius 3 is 2.38 bits per heavy atom. The first-order valence-corrected chi connectivity index (χ1v) is 11.7. The summed E-state index contributed by atoms with van der Waals surface area (Å²) in [5.74, 6) is -0.378. The maximum atomic E-state index is 12.5. The van der Waals surface area contributed by atoms with E-state index in [4.69, 9.17) is 4.74 Å². The van der Waals surface area contributed by atoms with Crippen LogP contribution < -0.4 is 20.3 Å². The van der Waals surface area contributed by atoms with Crippen LogP contribution in [0.5, 0.6) is 5.75 Å². The molecule has 7 nitrogen and oxygen atoms in total. The molecule has 0 saturated carbocycles. The van der Waals surface area contributed by atoms with Gasteiger partial charge in [-0.25, -0.2) is 0 Å². The van der Waals surface area contributed by atoms with Crippen molar-refractivity contribution in [1.29, 1.82) is 0 Å². The average molecular weight is 522 g/mol. The average Bonchev–Trinajstić information content (AvgIpc) is 3.25. The van der Waals surface area contributed by atoms with E-state index in [9.17, 15) is 14.4 Å². The number of halogens is 1. The monoisotopic (exact) mass is 521 g/mol. The molecule has 1 atom stereocenters. The number of hydrogen-bond donors (Lipinski definition) is 2. The fourth-order valence-electron chi connectivity index (χ4n) is 3.66. The molecule has 1 fully saturated rings. The minimum Gasteiger partial charge on any atom is -0.484 e. The van der Waals surface area contributed by atoms with E-state index in [0.717, 1.165) is 10.0 Å². The van der Waals surface area contributed by atoms with Crippen molar-refractivity contribution in [3.05, 3.63) is 88.9 Å². The Bertz CT molecular complexity index is 1150. The molecular weight excluding hydrogens is 498 g/mol. The standard InChI is InChI=1S/C26H24BrN3O4/c27-20-6-8-21(9-7-20)29-24(31)17-34-23-12-10-22(11-13-23)30-16-19(14-25(30)32)26(33)28-15-18-4-2-1-3-5-18/h1-13,19H,14-17H2,(H,28,33)(H,29,31)/t19-/m1/s1. The van der Waals surface area contributed by atoms with E-state index in [1.54, 1.807) is 41.3 Å². The van der Waals surface area contributed by atoms with Crippen LogP contribution in [0.15, 0.2) is 83.3 Å². The van der Waals surface area contributed by atoms with Gasteiger partial charge in [0.05, 0.1) is 5.92 Å². The number of benzene rings is 3. The fourth-order valence-corrected chi connectivity index (χ4v) is 3.93. The van der Waals surface area contributed by atoms with Crippen LogP contribution in [-0.2, 0) is 20.9 Å². The van der Waals surface area contributed by atoms with E-state index >= 15 is 0 Å². The molecule has 0 bridgehead atoms. The summed E-state index contributed by atoms with van der Waals surface area (Å²) in [6.07, 6.45) is 0.176. The van der Waals surface area contributed by atoms with Crippen molar-refractivity contribution in [2.75, 3.05) is 23.4 Å². The van der Waals surface area contributed by atoms with Crippen molar-refractivity contribution in [1.82, 2.24) is 5.32 Å². The van der Waals surface area contributed by atoms with Gasteiger partial charge in [0.15, 0.2) is 6.61 Å². The Morgan fingerprint density at radius 2 is 1.68 bits per heavy atom. The van der Waals surface area contributed by atoms with Crippen molar-refractivity contribution >= 4 is 45.0 Å². The van der Waals surface area contributed by atoms with Crippen LogP contribution in [0.3, 0.4) is 0 Å². The molecule has 4 rings (SSSR count). The highest BCUT2D eigenvalue weighted by Crippen LogP contribution is 2.27. The van der Waals surface area contributed by atoms with Crippen molar-refractivity contribution in [3.63, 3.8) is 0 Å². The zero-order valence-electron chi connectivity index (χ0n) is 18.4. The van der Waals surface area contributed by atoms with Crippen molar-refractivity contribution in [2.45, 2.75) is 13.0 Å². The maximum absolute atomic E-state index is 12.5. The quantitative estimate of drug-likeness (QED) is 0.466. The third-order valence-electron chi connectivity index (χ3n) is 5.45. The van der Waals surface area contributed by atoms with Crippen LogP contribution in [0, 0.1) is 5.92 Å². The van der Waals surface area contributed by atoms with E-state index in [1.165, 1.54) is 0 Å². The van der Waals surface area contributed by atoms with E-state index in [1.807, 2.05) is 42.5 Å². The van der Waals surface area contributed by atoms with Crippen molar-refractivity contribution in [3.8, 4) is 5.75 Å². The number of nitrogens with zero attached hydrogens (tertiary/aromatic N) is 1. The first-order chi connectivity index (χ1) is 16.5. The predicted molar refractivity (Wildman–Crippen MR) is 133 cm³/mol. The van der Waals surface area contributed by atoms with Gasteiger partial charge in [0.2, 0.25) is 11.8 Å². The molecule has 3 aromatic rings. The lowest BCUT2D eigenvalue weighted by atomic mass is 10.1. The minimum atomic E-state index is -0.394. The molecule has 2 N–H and O–H groups in total. The zero-order valence-corrected chi connectivity index (χ0v) is 20.0. The second-order valence-corrected chi connectivity index (χ2v) is 8.86. The van der Waals surface area contributed by atoms with Crippen LogP contribution in [-0.4, -0.2) is 30.9 Å². The molecule has 8 heteroatoms. The van der Waals surface area contributed by atoms with Gasteiger partial charge in [0, 0.05) is 35.4 Å². The molecule has 3 amide bonds. The molecular formula is C26H24BrN3O4. The summed E-state index contributed by atoms with van der Waals surface area (Å²) in [4.78, 5) is 38.8. The molecule has 0 aliphatic carbocycles. The molecule has 1 aliphatic rings. The maximum Gasteiger partial charge on any atom is 0.262 e. The van der Waals surface area contributed by atoms with Crippen LogP contribution in [0.2, 0.25) is 0 Å². The van der Waals surface area contributed by atoms with Gasteiger partial charge in [-0.15, -0.1) is 0 Å². The van der Waals surface area contributed by atoms with Crippen molar-refractivity contribution in [2.24, 2.45) is 5.92 Å². The van der Waals surface area contributed by atoms with Gasteiger partial charge in [0.25, 0.3) is 5.91 Å². The van der Waals surface area contributed by atoms with Gasteiger partial charge >= 0.3 is 0 Å². The SMILES string of the molecule is O=C(COc1ccc(N2C[C@H](C(=O)NCc3ccccc3)CC2=O)cc1)Nc1ccc(Br)cc1. The molecule has 1 aliphatic heterocycles. The topological polar surface area (TPSA) is 87.7 Å². The lowest BCUT2D eigenvalue weighted by Gasteiger charge is -2.17. The minimum absolute atomic E-state index is 0.0950. The molecule has 0 aromatic heterocycles. The summed E-state index contributed by atoms with van der Waals surface area (Å²) in [5, 5.41) is 5.67. The molecule has 3 aromatic carbocycles.